The number of rotatable bonds is 11. The molecule has 6 rings (SSSR count). The van der Waals surface area contributed by atoms with E-state index in [2.05, 4.69) is 36.6 Å². The second kappa shape index (κ2) is 20.3. The minimum absolute atomic E-state index is 0. The summed E-state index contributed by atoms with van der Waals surface area (Å²) >= 11 is 0. The van der Waals surface area contributed by atoms with Crippen LogP contribution in [0.3, 0.4) is 0 Å². The van der Waals surface area contributed by atoms with Gasteiger partial charge in [0.15, 0.2) is 5.78 Å². The standard InChI is InChI=1S/C34H27N9O11S3.3Na/c35-24-17-23(44)11-13-25(24)41-38-21-8-6-19(7-9-21)37-26-12-10-22(16-27(26)55(46,47)48)40-42-32-28(56(49,50)51)14-18-15-29(57(52,53)54)33(34(45)30(18)31(32)36)43-39-20-4-2-1-3-5-20;;;/h1-17,37-39H,35-36H2,(H,46,47,48)(H,49,50,51)(H,52,53,54);;;/q;3*+1/p-3/b41-25+,42-40?,43-33-;;;. The summed E-state index contributed by atoms with van der Waals surface area (Å²) in [5.41, 5.74) is 14.4. The second-order valence-corrected chi connectivity index (χ2v) is 15.8. The molecule has 0 aromatic heterocycles. The molecule has 0 spiro atoms. The molecule has 0 saturated heterocycles. The number of carbonyl (C=O) groups excluding carboxylic acids is 2. The number of anilines is 5. The summed E-state index contributed by atoms with van der Waals surface area (Å²) in [5.74, 6) is -1.55. The zero-order valence-corrected chi connectivity index (χ0v) is 39.9. The molecule has 0 fully saturated rings. The molecule has 7 N–H and O–H groups in total. The van der Waals surface area contributed by atoms with Gasteiger partial charge in [0, 0.05) is 11.8 Å². The monoisotopic (exact) mass is 899 g/mol. The molecule has 0 unspecified atom stereocenters. The third-order valence-electron chi connectivity index (χ3n) is 7.87. The first-order valence-corrected chi connectivity index (χ1v) is 20.0. The van der Waals surface area contributed by atoms with Gasteiger partial charge in [-0.25, -0.2) is 25.3 Å². The average molecular weight is 900 g/mol. The molecule has 4 aromatic carbocycles. The number of fused-ring (bicyclic) bond motifs is 1. The van der Waals surface area contributed by atoms with Gasteiger partial charge in [-0.15, -0.1) is 5.11 Å². The number of azo groups is 1. The molecule has 0 radical (unpaired) electrons. The van der Waals surface area contributed by atoms with Gasteiger partial charge in [-0.1, -0.05) is 18.2 Å². The van der Waals surface area contributed by atoms with Crippen molar-refractivity contribution in [3.63, 3.8) is 0 Å². The van der Waals surface area contributed by atoms with Gasteiger partial charge in [0.25, 0.3) is 0 Å². The summed E-state index contributed by atoms with van der Waals surface area (Å²) in [6, 6.07) is 17.7. The largest absolute Gasteiger partial charge is 1.00 e. The average Bonchev–Trinajstić information content (AvgIpc) is 3.13. The first-order valence-electron chi connectivity index (χ1n) is 15.8. The number of ketones is 2. The van der Waals surface area contributed by atoms with Gasteiger partial charge < -0.3 is 30.4 Å². The van der Waals surface area contributed by atoms with Crippen LogP contribution < -0.4 is 116 Å². The fourth-order valence-corrected chi connectivity index (χ4v) is 7.21. The predicted molar refractivity (Wildman–Crippen MR) is 204 cm³/mol. The molecule has 0 aliphatic heterocycles. The maximum atomic E-state index is 13.7. The van der Waals surface area contributed by atoms with Gasteiger partial charge in [0.2, 0.25) is 5.78 Å². The van der Waals surface area contributed by atoms with Crippen molar-refractivity contribution in [2.75, 3.05) is 21.9 Å². The predicted octanol–water partition coefficient (Wildman–Crippen LogP) is -5.45. The molecular weight excluding hydrogens is 876 g/mol. The number of para-hydroxylation sites is 1. The minimum Gasteiger partial charge on any atom is -0.744 e. The molecule has 60 heavy (non-hydrogen) atoms. The Bertz CT molecular complexity index is 2910. The van der Waals surface area contributed by atoms with Gasteiger partial charge in [-0.05, 0) is 84.5 Å². The molecule has 2 aliphatic rings. The molecule has 20 nitrogen and oxygen atoms in total. The normalized spacial score (nSPS) is 15.2. The van der Waals surface area contributed by atoms with Crippen LogP contribution in [-0.2, 0) is 35.1 Å². The molecule has 292 valence electrons. The van der Waals surface area contributed by atoms with E-state index < -0.39 is 79.0 Å². The zero-order chi connectivity index (χ0) is 41.3. The Kier molecular flexibility index (Phi) is 17.1. The zero-order valence-electron chi connectivity index (χ0n) is 31.5. The molecule has 0 saturated carbocycles. The minimum atomic E-state index is -5.50. The smallest absolute Gasteiger partial charge is 0.744 e. The number of nitrogens with one attached hydrogen (secondary N) is 3. The van der Waals surface area contributed by atoms with Crippen LogP contribution >= 0.6 is 0 Å². The SMILES string of the molecule is NC1=CC(=O)C=C/C1=N\Nc1ccc(Nc2ccc(N=Nc3c(S(=O)(=O)[O-])cc4c(c3N)C(=O)/C(=N\Nc3ccccc3)C(S(=O)(=O)[O-])=C4)cc2S(=O)(=O)[O-])cc1.[Na+].[Na+].[Na+]. The quantitative estimate of drug-likeness (QED) is 0.0234. The number of benzene rings is 4. The van der Waals surface area contributed by atoms with Gasteiger partial charge in [-0.2, -0.15) is 15.3 Å². The molecule has 4 aromatic rings. The topological polar surface area (TPSA) is 343 Å². The summed E-state index contributed by atoms with van der Waals surface area (Å²) in [7, 11) is -16.1. The van der Waals surface area contributed by atoms with Crippen molar-refractivity contribution >= 4 is 99.2 Å². The van der Waals surface area contributed by atoms with E-state index in [9.17, 15) is 48.5 Å². The Morgan fingerprint density at radius 3 is 1.82 bits per heavy atom. The van der Waals surface area contributed by atoms with Crippen molar-refractivity contribution in [1.29, 1.82) is 0 Å². The van der Waals surface area contributed by atoms with E-state index >= 15 is 0 Å². The van der Waals surface area contributed by atoms with E-state index in [1.165, 1.54) is 48.6 Å². The van der Waals surface area contributed by atoms with Gasteiger partial charge >= 0.3 is 88.7 Å². The first-order chi connectivity index (χ1) is 26.8. The number of nitrogens with two attached hydrogens (primary N) is 2. The van der Waals surface area contributed by atoms with Crippen LogP contribution in [0.25, 0.3) is 6.08 Å². The van der Waals surface area contributed by atoms with Crippen LogP contribution in [0.2, 0.25) is 0 Å². The van der Waals surface area contributed by atoms with Crippen LogP contribution in [0, 0.1) is 0 Å². The number of Topliss-reactive ketones (excluding diaryl/α,β-unsaturated/α-hetero) is 1. The third kappa shape index (κ3) is 11.9. The van der Waals surface area contributed by atoms with Crippen LogP contribution in [0.15, 0.2) is 138 Å². The fraction of sp³-hybridized carbons (Fsp3) is 0. The molecule has 0 amide bonds. The summed E-state index contributed by atoms with van der Waals surface area (Å²) < 4.78 is 110. The third-order valence-corrected chi connectivity index (χ3v) is 10.4. The molecule has 26 heteroatoms. The van der Waals surface area contributed by atoms with E-state index in [1.807, 2.05) is 0 Å². The van der Waals surface area contributed by atoms with Gasteiger partial charge in [-0.3, -0.25) is 20.4 Å². The fourth-order valence-electron chi connectivity index (χ4n) is 5.25. The van der Waals surface area contributed by atoms with E-state index in [0.717, 1.165) is 12.1 Å². The summed E-state index contributed by atoms with van der Waals surface area (Å²) in [5, 5.41) is 18.2. The second-order valence-electron chi connectivity index (χ2n) is 11.8. The summed E-state index contributed by atoms with van der Waals surface area (Å²) in [4.78, 5) is 21.9. The summed E-state index contributed by atoms with van der Waals surface area (Å²) in [6.45, 7) is 0. The van der Waals surface area contributed by atoms with E-state index in [-0.39, 0.29) is 117 Å². The molecule has 0 heterocycles. The first kappa shape index (κ1) is 50.5. The Labute approximate surface area is 408 Å². The van der Waals surface area contributed by atoms with E-state index in [1.54, 1.807) is 30.3 Å². The van der Waals surface area contributed by atoms with Crippen molar-refractivity contribution in [3.05, 3.63) is 119 Å². The number of hydrogen-bond donors (Lipinski definition) is 5. The van der Waals surface area contributed by atoms with Crippen molar-refractivity contribution in [2.24, 2.45) is 26.2 Å². The Morgan fingerprint density at radius 1 is 0.617 bits per heavy atom. The van der Waals surface area contributed by atoms with Crippen LogP contribution in [0.5, 0.6) is 0 Å². The van der Waals surface area contributed by atoms with Crippen molar-refractivity contribution in [3.8, 4) is 0 Å². The maximum Gasteiger partial charge on any atom is 1.00 e. The molecule has 0 atom stereocenters. The number of hydrazone groups is 2. The van der Waals surface area contributed by atoms with E-state index in [4.69, 9.17) is 11.5 Å². The Balaban J connectivity index is 0.00000320. The van der Waals surface area contributed by atoms with Gasteiger partial charge in [0.05, 0.1) is 54.4 Å². The number of hydrogen-bond acceptors (Lipinski definition) is 20. The molecule has 2 aliphatic carbocycles. The van der Waals surface area contributed by atoms with Crippen LogP contribution in [-0.4, -0.2) is 61.9 Å². The van der Waals surface area contributed by atoms with Crippen molar-refractivity contribution < 1.29 is 137 Å². The summed E-state index contributed by atoms with van der Waals surface area (Å²) in [6.07, 6.45) is 4.55. The van der Waals surface area contributed by atoms with Crippen molar-refractivity contribution in [2.45, 2.75) is 9.79 Å². The van der Waals surface area contributed by atoms with E-state index in [0.29, 0.717) is 29.2 Å². The van der Waals surface area contributed by atoms with Crippen LogP contribution in [0.4, 0.5) is 39.8 Å². The molecule has 0 bridgehead atoms. The number of nitrogen functional groups attached to an aromatic ring is 1. The van der Waals surface area contributed by atoms with Gasteiger partial charge in [0.1, 0.15) is 47.5 Å². The van der Waals surface area contributed by atoms with Crippen molar-refractivity contribution in [1.82, 2.24) is 0 Å². The number of carbonyl (C=O) groups is 2. The van der Waals surface area contributed by atoms with Crippen LogP contribution in [0.1, 0.15) is 15.9 Å². The number of nitrogens with zero attached hydrogens (tertiary/aromatic N) is 4. The number of allylic oxidation sites excluding steroid dienone is 4. The maximum absolute atomic E-state index is 13.7. The molecular formula is C34H24N9Na3O11S3. The Morgan fingerprint density at radius 2 is 1.22 bits per heavy atom. The Hall–Kier alpha value is -3.89.